The molecule has 0 unspecified atom stereocenters. The Morgan fingerprint density at radius 3 is 2.44 bits per heavy atom. The zero-order valence-corrected chi connectivity index (χ0v) is 20.3. The van der Waals surface area contributed by atoms with Crippen LogP contribution in [0.25, 0.3) is 23.2 Å². The molecule has 5 rings (SSSR count). The fourth-order valence-corrected chi connectivity index (χ4v) is 6.10. The van der Waals surface area contributed by atoms with Crippen molar-refractivity contribution >= 4 is 50.5 Å². The summed E-state index contributed by atoms with van der Waals surface area (Å²) in [5.74, 6) is 3.17. The maximum absolute atomic E-state index is 11.9. The first-order valence-corrected chi connectivity index (χ1v) is 13.4. The molecule has 0 radical (unpaired) electrons. The van der Waals surface area contributed by atoms with E-state index in [4.69, 9.17) is 15.0 Å². The number of nitrogens with zero attached hydrogens (tertiary/aromatic N) is 6. The van der Waals surface area contributed by atoms with Gasteiger partial charge in [-0.2, -0.15) is 0 Å². The van der Waals surface area contributed by atoms with E-state index in [9.17, 15) is 8.42 Å². The minimum absolute atomic E-state index is 0.130. The molecule has 178 valence electrons. The number of aromatic nitrogens is 4. The molecule has 4 heterocycles. The molecular formula is C24H29N7O2S. The third-order valence-corrected chi connectivity index (χ3v) is 7.90. The van der Waals surface area contributed by atoms with E-state index in [1.54, 1.807) is 0 Å². The maximum atomic E-state index is 11.9. The van der Waals surface area contributed by atoms with Crippen LogP contribution in [-0.4, -0.2) is 73.1 Å². The number of benzene rings is 1. The van der Waals surface area contributed by atoms with Crippen LogP contribution in [0.1, 0.15) is 30.8 Å². The van der Waals surface area contributed by atoms with Gasteiger partial charge >= 0.3 is 0 Å². The summed E-state index contributed by atoms with van der Waals surface area (Å²) >= 11 is 0. The summed E-state index contributed by atoms with van der Waals surface area (Å²) in [6, 6.07) is 9.59. The quantitative estimate of drug-likeness (QED) is 0.571. The lowest BCUT2D eigenvalue weighted by molar-refractivity contribution is 0.602. The Morgan fingerprint density at radius 2 is 1.76 bits per heavy atom. The fourth-order valence-electron chi connectivity index (χ4n) is 4.43. The van der Waals surface area contributed by atoms with Crippen LogP contribution in [0.3, 0.4) is 0 Å². The Kier molecular flexibility index (Phi) is 6.07. The summed E-state index contributed by atoms with van der Waals surface area (Å²) in [6.45, 7) is 1.91. The molecule has 0 aliphatic carbocycles. The summed E-state index contributed by atoms with van der Waals surface area (Å²) in [6.07, 6.45) is 6.61. The highest BCUT2D eigenvalue weighted by Gasteiger charge is 2.28. The molecule has 2 aromatic heterocycles. The third-order valence-electron chi connectivity index (χ3n) is 6.14. The van der Waals surface area contributed by atoms with Crippen molar-refractivity contribution in [2.45, 2.75) is 25.3 Å². The van der Waals surface area contributed by atoms with E-state index in [0.29, 0.717) is 18.1 Å². The van der Waals surface area contributed by atoms with E-state index in [0.717, 1.165) is 54.3 Å². The van der Waals surface area contributed by atoms with Gasteiger partial charge in [0.15, 0.2) is 21.5 Å². The zero-order valence-electron chi connectivity index (χ0n) is 19.5. The van der Waals surface area contributed by atoms with Crippen LogP contribution in [-0.2, 0) is 9.84 Å². The molecule has 9 nitrogen and oxygen atoms in total. The van der Waals surface area contributed by atoms with Gasteiger partial charge in [0, 0.05) is 39.3 Å². The number of hydrogen-bond donors (Lipinski definition) is 1. The standard InChI is InChI=1S/C24H29N7O2S/c1-30(2)24-20(26-18-7-3-4-8-19(18)27-24)9-10-21-28-22(25-17-11-14-34(32,33)16-17)15-23(29-21)31-12-5-6-13-31/h3-4,7-10,15,17H,5-6,11-14,16H2,1-2H3,(H,25,28,29)/b10-9+/t17-/m1/s1. The first kappa shape index (κ1) is 22.5. The molecule has 1 N–H and O–H groups in total. The number of para-hydroxylation sites is 2. The first-order chi connectivity index (χ1) is 16.4. The van der Waals surface area contributed by atoms with Gasteiger partial charge in [0.1, 0.15) is 17.3 Å². The van der Waals surface area contributed by atoms with Crippen LogP contribution in [0.5, 0.6) is 0 Å². The van der Waals surface area contributed by atoms with Crippen LogP contribution in [0.15, 0.2) is 30.3 Å². The van der Waals surface area contributed by atoms with Gasteiger partial charge in [-0.3, -0.25) is 0 Å². The second kappa shape index (κ2) is 9.17. The molecule has 0 spiro atoms. The third kappa shape index (κ3) is 4.96. The number of fused-ring (bicyclic) bond motifs is 1. The average Bonchev–Trinajstić information content (AvgIpc) is 3.46. The van der Waals surface area contributed by atoms with Gasteiger partial charge in [-0.1, -0.05) is 12.1 Å². The monoisotopic (exact) mass is 479 g/mol. The van der Waals surface area contributed by atoms with Gasteiger partial charge in [0.2, 0.25) is 0 Å². The minimum Gasteiger partial charge on any atom is -0.366 e. The van der Waals surface area contributed by atoms with E-state index < -0.39 is 9.84 Å². The van der Waals surface area contributed by atoms with E-state index in [1.165, 1.54) is 0 Å². The number of anilines is 3. The lowest BCUT2D eigenvalue weighted by Gasteiger charge is -2.19. The summed E-state index contributed by atoms with van der Waals surface area (Å²) in [7, 11) is 0.907. The van der Waals surface area contributed by atoms with Crippen molar-refractivity contribution < 1.29 is 8.42 Å². The zero-order chi connectivity index (χ0) is 23.7. The van der Waals surface area contributed by atoms with E-state index >= 15 is 0 Å². The van der Waals surface area contributed by atoms with Crippen LogP contribution in [0.4, 0.5) is 17.5 Å². The Morgan fingerprint density at radius 1 is 1.03 bits per heavy atom. The molecule has 0 saturated carbocycles. The topological polar surface area (TPSA) is 104 Å². The second-order valence-electron chi connectivity index (χ2n) is 9.06. The predicted octanol–water partition coefficient (Wildman–Crippen LogP) is 2.86. The fraction of sp³-hybridized carbons (Fsp3) is 0.417. The van der Waals surface area contributed by atoms with Crippen LogP contribution < -0.4 is 15.1 Å². The number of rotatable bonds is 6. The second-order valence-corrected chi connectivity index (χ2v) is 11.3. The van der Waals surface area contributed by atoms with Crippen LogP contribution in [0, 0.1) is 0 Å². The lowest BCUT2D eigenvalue weighted by Crippen LogP contribution is -2.23. The molecule has 2 saturated heterocycles. The Bertz CT molecular complexity index is 1330. The molecule has 3 aromatic rings. The average molecular weight is 480 g/mol. The summed E-state index contributed by atoms with van der Waals surface area (Å²) < 4.78 is 23.8. The number of nitrogens with one attached hydrogen (secondary N) is 1. The molecular weight excluding hydrogens is 450 g/mol. The highest BCUT2D eigenvalue weighted by molar-refractivity contribution is 7.91. The molecule has 0 bridgehead atoms. The van der Waals surface area contributed by atoms with Gasteiger partial charge < -0.3 is 15.1 Å². The molecule has 1 aromatic carbocycles. The van der Waals surface area contributed by atoms with Gasteiger partial charge in [-0.15, -0.1) is 0 Å². The van der Waals surface area contributed by atoms with E-state index in [1.807, 2.05) is 61.5 Å². The molecule has 34 heavy (non-hydrogen) atoms. The molecule has 2 aliphatic rings. The molecule has 10 heteroatoms. The largest absolute Gasteiger partial charge is 0.366 e. The van der Waals surface area contributed by atoms with E-state index in [2.05, 4.69) is 15.2 Å². The van der Waals surface area contributed by atoms with Crippen molar-refractivity contribution in [2.24, 2.45) is 0 Å². The van der Waals surface area contributed by atoms with Crippen LogP contribution >= 0.6 is 0 Å². The summed E-state index contributed by atoms with van der Waals surface area (Å²) in [4.78, 5) is 23.2. The van der Waals surface area contributed by atoms with E-state index in [-0.39, 0.29) is 17.5 Å². The highest BCUT2D eigenvalue weighted by Crippen LogP contribution is 2.25. The van der Waals surface area contributed by atoms with Gasteiger partial charge in [-0.05, 0) is 43.5 Å². The van der Waals surface area contributed by atoms with Crippen molar-refractivity contribution in [3.8, 4) is 0 Å². The number of sulfone groups is 1. The predicted molar refractivity (Wildman–Crippen MR) is 137 cm³/mol. The van der Waals surface area contributed by atoms with Crippen molar-refractivity contribution in [2.75, 3.05) is 53.8 Å². The maximum Gasteiger partial charge on any atom is 0.156 e. The highest BCUT2D eigenvalue weighted by atomic mass is 32.2. The van der Waals surface area contributed by atoms with Crippen molar-refractivity contribution in [1.82, 2.24) is 19.9 Å². The van der Waals surface area contributed by atoms with Gasteiger partial charge in [0.05, 0.1) is 22.5 Å². The van der Waals surface area contributed by atoms with Gasteiger partial charge in [0.25, 0.3) is 0 Å². The Labute approximate surface area is 199 Å². The smallest absolute Gasteiger partial charge is 0.156 e. The SMILES string of the molecule is CN(C)c1nc2ccccc2nc1/C=C/c1nc(N[C@@H]2CCS(=O)(=O)C2)cc(N2CCCC2)n1. The Balaban J connectivity index is 1.49. The van der Waals surface area contributed by atoms with Gasteiger partial charge in [-0.25, -0.2) is 28.4 Å². The Hall–Kier alpha value is -3.27. The first-order valence-electron chi connectivity index (χ1n) is 11.6. The minimum atomic E-state index is -2.98. The molecule has 2 fully saturated rings. The summed E-state index contributed by atoms with van der Waals surface area (Å²) in [5.41, 5.74) is 2.40. The van der Waals surface area contributed by atoms with Crippen LogP contribution in [0.2, 0.25) is 0 Å². The number of hydrogen-bond acceptors (Lipinski definition) is 9. The molecule has 1 atom stereocenters. The molecule has 0 amide bonds. The summed E-state index contributed by atoms with van der Waals surface area (Å²) in [5, 5.41) is 3.33. The lowest BCUT2D eigenvalue weighted by atomic mass is 10.2. The van der Waals surface area contributed by atoms with Crippen molar-refractivity contribution in [1.29, 1.82) is 0 Å². The normalized spacial score (nSPS) is 19.8. The van der Waals surface area contributed by atoms with Crippen molar-refractivity contribution in [3.63, 3.8) is 0 Å². The molecule has 2 aliphatic heterocycles. The van der Waals surface area contributed by atoms with Crippen molar-refractivity contribution in [3.05, 3.63) is 41.9 Å².